The molecule has 0 saturated carbocycles. The molecule has 1 aliphatic rings. The minimum absolute atomic E-state index is 0.0358. The zero-order valence-corrected chi connectivity index (χ0v) is 14.4. The van der Waals surface area contributed by atoms with Gasteiger partial charge in [0.25, 0.3) is 0 Å². The summed E-state index contributed by atoms with van der Waals surface area (Å²) in [6.07, 6.45) is 4.14. The summed E-state index contributed by atoms with van der Waals surface area (Å²) >= 11 is 1.51. The Kier molecular flexibility index (Phi) is 5.20. The lowest BCUT2D eigenvalue weighted by atomic mass is 10.1. The van der Waals surface area contributed by atoms with Crippen LogP contribution in [0.5, 0.6) is 0 Å². The zero-order chi connectivity index (χ0) is 16.9. The number of amides is 2. The molecule has 1 heterocycles. The smallest absolute Gasteiger partial charge is 0.241 e. The van der Waals surface area contributed by atoms with Crippen LogP contribution in [0.15, 0.2) is 48.5 Å². The number of hydrogen-bond donors (Lipinski definition) is 2. The summed E-state index contributed by atoms with van der Waals surface area (Å²) in [7, 11) is 0. The van der Waals surface area contributed by atoms with E-state index in [4.69, 9.17) is 0 Å². The number of rotatable bonds is 4. The number of anilines is 2. The molecule has 1 aliphatic heterocycles. The Morgan fingerprint density at radius 1 is 1.17 bits per heavy atom. The zero-order valence-electron chi connectivity index (χ0n) is 13.5. The average molecular weight is 340 g/mol. The van der Waals surface area contributed by atoms with Crippen molar-refractivity contribution in [1.29, 1.82) is 0 Å². The molecule has 0 fully saturated rings. The average Bonchev–Trinajstić information content (AvgIpc) is 2.77. The van der Waals surface area contributed by atoms with Crippen LogP contribution in [0.1, 0.15) is 29.2 Å². The molecule has 124 valence electrons. The van der Waals surface area contributed by atoms with Gasteiger partial charge in [0.1, 0.15) is 5.25 Å². The van der Waals surface area contributed by atoms with Gasteiger partial charge in [-0.2, -0.15) is 0 Å². The number of benzene rings is 2. The van der Waals surface area contributed by atoms with Crippen molar-refractivity contribution in [3.63, 3.8) is 0 Å². The first-order valence-corrected chi connectivity index (χ1v) is 9.27. The summed E-state index contributed by atoms with van der Waals surface area (Å²) in [5, 5.41) is 5.66. The molecule has 3 rings (SSSR count). The van der Waals surface area contributed by atoms with Crippen LogP contribution in [0.2, 0.25) is 0 Å². The van der Waals surface area contributed by atoms with Crippen LogP contribution in [-0.2, 0) is 16.0 Å². The van der Waals surface area contributed by atoms with E-state index in [1.807, 2.05) is 54.8 Å². The van der Waals surface area contributed by atoms with Crippen LogP contribution in [0.3, 0.4) is 0 Å². The molecule has 0 aliphatic carbocycles. The normalized spacial score (nSPS) is 15.0. The van der Waals surface area contributed by atoms with Gasteiger partial charge >= 0.3 is 0 Å². The monoisotopic (exact) mass is 340 g/mol. The number of carbonyl (C=O) groups is 2. The summed E-state index contributed by atoms with van der Waals surface area (Å²) in [6, 6.07) is 15.4. The maximum absolute atomic E-state index is 12.6. The third-order valence-electron chi connectivity index (χ3n) is 4.07. The Morgan fingerprint density at radius 3 is 2.71 bits per heavy atom. The lowest BCUT2D eigenvalue weighted by Gasteiger charge is -2.16. The molecule has 2 amide bonds. The van der Waals surface area contributed by atoms with Gasteiger partial charge in [-0.3, -0.25) is 9.59 Å². The largest absolute Gasteiger partial charge is 0.326 e. The van der Waals surface area contributed by atoms with Gasteiger partial charge in [-0.05, 0) is 48.4 Å². The molecule has 0 unspecified atom stereocenters. The van der Waals surface area contributed by atoms with Gasteiger partial charge in [-0.1, -0.05) is 30.3 Å². The highest BCUT2D eigenvalue weighted by molar-refractivity contribution is 7.99. The van der Waals surface area contributed by atoms with E-state index in [2.05, 4.69) is 10.6 Å². The predicted octanol–water partition coefficient (Wildman–Crippen LogP) is 4.00. The van der Waals surface area contributed by atoms with Gasteiger partial charge in [0, 0.05) is 17.8 Å². The maximum atomic E-state index is 12.6. The Hall–Kier alpha value is -2.27. The molecular formula is C19H20N2O2S. The van der Waals surface area contributed by atoms with Gasteiger partial charge in [-0.15, -0.1) is 11.8 Å². The van der Waals surface area contributed by atoms with E-state index in [0.717, 1.165) is 35.3 Å². The van der Waals surface area contributed by atoms with Crippen molar-refractivity contribution >= 4 is 35.0 Å². The molecule has 0 spiro atoms. The van der Waals surface area contributed by atoms with Gasteiger partial charge in [0.2, 0.25) is 11.8 Å². The number of aryl methyl sites for hydroxylation is 1. The standard InChI is InChI=1S/C19H20N2O2S/c1-24-18(13-6-3-2-4-7-13)19(23)20-15-10-11-16-14(12-15)8-5-9-17(22)21-16/h2-4,6-7,10-12,18H,5,8-9H2,1H3,(H,20,23)(H,21,22)/t18-/m0/s1. The third kappa shape index (κ3) is 3.79. The van der Waals surface area contributed by atoms with E-state index in [-0.39, 0.29) is 17.1 Å². The first-order valence-electron chi connectivity index (χ1n) is 7.99. The number of thioether (sulfide) groups is 1. The molecular weight excluding hydrogens is 320 g/mol. The summed E-state index contributed by atoms with van der Waals surface area (Å²) in [5.74, 6) is 0.0170. The van der Waals surface area contributed by atoms with Crippen LogP contribution >= 0.6 is 11.8 Å². The molecule has 2 aromatic rings. The van der Waals surface area contributed by atoms with Crippen molar-refractivity contribution in [3.8, 4) is 0 Å². The van der Waals surface area contributed by atoms with Gasteiger partial charge < -0.3 is 10.6 Å². The summed E-state index contributed by atoms with van der Waals surface area (Å²) in [4.78, 5) is 24.2. The molecule has 0 bridgehead atoms. The van der Waals surface area contributed by atoms with E-state index in [1.165, 1.54) is 11.8 Å². The number of hydrogen-bond acceptors (Lipinski definition) is 3. The molecule has 5 heteroatoms. The van der Waals surface area contributed by atoms with Crippen molar-refractivity contribution in [2.24, 2.45) is 0 Å². The summed E-state index contributed by atoms with van der Waals surface area (Å²) in [6.45, 7) is 0. The first kappa shape index (κ1) is 16.6. The van der Waals surface area contributed by atoms with Gasteiger partial charge in [0.15, 0.2) is 0 Å². The van der Waals surface area contributed by atoms with E-state index >= 15 is 0 Å². The number of fused-ring (bicyclic) bond motifs is 1. The second-order valence-corrected chi connectivity index (χ2v) is 6.73. The van der Waals surface area contributed by atoms with Crippen LogP contribution < -0.4 is 10.6 Å². The molecule has 0 saturated heterocycles. The molecule has 24 heavy (non-hydrogen) atoms. The lowest BCUT2D eigenvalue weighted by Crippen LogP contribution is -2.19. The number of carbonyl (C=O) groups excluding carboxylic acids is 2. The van der Waals surface area contributed by atoms with Crippen molar-refractivity contribution in [2.75, 3.05) is 16.9 Å². The molecule has 2 aromatic carbocycles. The Balaban J connectivity index is 1.77. The van der Waals surface area contributed by atoms with Crippen molar-refractivity contribution in [2.45, 2.75) is 24.5 Å². The predicted molar refractivity (Wildman–Crippen MR) is 99.3 cm³/mol. The summed E-state index contributed by atoms with van der Waals surface area (Å²) < 4.78 is 0. The fourth-order valence-electron chi connectivity index (χ4n) is 2.88. The third-order valence-corrected chi connectivity index (χ3v) is 5.03. The van der Waals surface area contributed by atoms with E-state index in [1.54, 1.807) is 0 Å². The molecule has 1 atom stereocenters. The van der Waals surface area contributed by atoms with Crippen molar-refractivity contribution in [3.05, 3.63) is 59.7 Å². The van der Waals surface area contributed by atoms with Gasteiger partial charge in [0.05, 0.1) is 0 Å². The number of nitrogens with one attached hydrogen (secondary N) is 2. The molecule has 0 aromatic heterocycles. The summed E-state index contributed by atoms with van der Waals surface area (Å²) in [5.41, 5.74) is 3.67. The van der Waals surface area contributed by atoms with E-state index in [0.29, 0.717) is 6.42 Å². The quantitative estimate of drug-likeness (QED) is 0.884. The highest BCUT2D eigenvalue weighted by Crippen LogP contribution is 2.30. The Labute approximate surface area is 146 Å². The fraction of sp³-hybridized carbons (Fsp3) is 0.263. The lowest BCUT2D eigenvalue weighted by molar-refractivity contribution is -0.116. The second kappa shape index (κ2) is 7.53. The fourth-order valence-corrected chi connectivity index (χ4v) is 3.58. The molecule has 0 radical (unpaired) electrons. The minimum Gasteiger partial charge on any atom is -0.326 e. The first-order chi connectivity index (χ1) is 11.7. The molecule has 4 nitrogen and oxygen atoms in total. The second-order valence-electron chi connectivity index (χ2n) is 5.79. The minimum atomic E-state index is -0.246. The van der Waals surface area contributed by atoms with Crippen LogP contribution in [0.25, 0.3) is 0 Å². The van der Waals surface area contributed by atoms with Crippen molar-refractivity contribution < 1.29 is 9.59 Å². The van der Waals surface area contributed by atoms with Crippen LogP contribution in [0, 0.1) is 0 Å². The van der Waals surface area contributed by atoms with Gasteiger partial charge in [-0.25, -0.2) is 0 Å². The highest BCUT2D eigenvalue weighted by Gasteiger charge is 2.20. The highest BCUT2D eigenvalue weighted by atomic mass is 32.2. The SMILES string of the molecule is CS[C@H](C(=O)Nc1ccc2c(c1)CCCC(=O)N2)c1ccccc1. The van der Waals surface area contributed by atoms with E-state index < -0.39 is 0 Å². The Bertz CT molecular complexity index is 746. The van der Waals surface area contributed by atoms with Crippen LogP contribution in [0.4, 0.5) is 11.4 Å². The Morgan fingerprint density at radius 2 is 1.96 bits per heavy atom. The topological polar surface area (TPSA) is 58.2 Å². The maximum Gasteiger partial charge on any atom is 0.241 e. The molecule has 2 N–H and O–H groups in total. The van der Waals surface area contributed by atoms with Crippen molar-refractivity contribution in [1.82, 2.24) is 0 Å². The van der Waals surface area contributed by atoms with Crippen LogP contribution in [-0.4, -0.2) is 18.1 Å². The van der Waals surface area contributed by atoms with E-state index in [9.17, 15) is 9.59 Å².